The molecule has 0 fully saturated rings. The van der Waals surface area contributed by atoms with Crippen LogP contribution in [-0.4, -0.2) is 19.1 Å². The van der Waals surface area contributed by atoms with Gasteiger partial charge in [0, 0.05) is 10.9 Å². The zero-order chi connectivity index (χ0) is 12.3. The number of nitrogens with one attached hydrogen (secondary N) is 1. The minimum Gasteiger partial charge on any atom is -0.496 e. The number of nitrogens with zero attached hydrogens (tertiary/aromatic N) is 1. The Balaban J connectivity index is 2.37. The fraction of sp³-hybridized carbons (Fsp3) is 0.308. The fourth-order valence-electron chi connectivity index (χ4n) is 1.59. The van der Waals surface area contributed by atoms with Crippen LogP contribution < -0.4 is 10.1 Å². The van der Waals surface area contributed by atoms with Crippen LogP contribution in [0, 0.1) is 0 Å². The molecule has 1 aromatic heterocycles. The van der Waals surface area contributed by atoms with Gasteiger partial charge in [-0.3, -0.25) is 0 Å². The van der Waals surface area contributed by atoms with Crippen LogP contribution in [0.25, 0.3) is 11.3 Å². The Morgan fingerprint density at radius 2 is 2.12 bits per heavy atom. The zero-order valence-electron chi connectivity index (χ0n) is 10.2. The molecule has 4 heteroatoms. The second-order valence-corrected chi connectivity index (χ2v) is 4.67. The van der Waals surface area contributed by atoms with Crippen molar-refractivity contribution in [1.82, 2.24) is 10.3 Å². The maximum atomic E-state index is 5.34. The standard InChI is InChI=1S/C13H16N2OS/c1-9(14-2)13-15-11(8-17-13)10-6-4-5-7-12(10)16-3/h4-9,14H,1-3H3. The number of para-hydroxylation sites is 1. The van der Waals surface area contributed by atoms with Gasteiger partial charge in [-0.2, -0.15) is 0 Å². The highest BCUT2D eigenvalue weighted by atomic mass is 32.1. The number of aromatic nitrogens is 1. The fourth-order valence-corrected chi connectivity index (χ4v) is 2.48. The molecule has 0 amide bonds. The number of benzene rings is 1. The van der Waals surface area contributed by atoms with E-state index in [1.54, 1.807) is 18.4 Å². The van der Waals surface area contributed by atoms with E-state index >= 15 is 0 Å². The molecule has 0 aliphatic heterocycles. The van der Waals surface area contributed by atoms with Gasteiger partial charge in [0.15, 0.2) is 0 Å². The molecule has 0 aliphatic carbocycles. The van der Waals surface area contributed by atoms with Gasteiger partial charge in [-0.05, 0) is 26.1 Å². The molecule has 1 unspecified atom stereocenters. The number of hydrogen-bond donors (Lipinski definition) is 1. The molecule has 1 heterocycles. The number of hydrogen-bond acceptors (Lipinski definition) is 4. The van der Waals surface area contributed by atoms with Gasteiger partial charge in [-0.1, -0.05) is 12.1 Å². The number of ether oxygens (including phenoxy) is 1. The molecule has 1 atom stereocenters. The second kappa shape index (κ2) is 5.29. The zero-order valence-corrected chi connectivity index (χ0v) is 11.0. The van der Waals surface area contributed by atoms with Crippen LogP contribution >= 0.6 is 11.3 Å². The van der Waals surface area contributed by atoms with E-state index in [0.717, 1.165) is 22.0 Å². The monoisotopic (exact) mass is 248 g/mol. The first-order valence-corrected chi connectivity index (χ1v) is 6.40. The van der Waals surface area contributed by atoms with Crippen molar-refractivity contribution in [1.29, 1.82) is 0 Å². The summed E-state index contributed by atoms with van der Waals surface area (Å²) in [5.41, 5.74) is 2.02. The van der Waals surface area contributed by atoms with E-state index in [0.29, 0.717) is 0 Å². The van der Waals surface area contributed by atoms with Crippen molar-refractivity contribution in [3.8, 4) is 17.0 Å². The number of thiazole rings is 1. The molecular formula is C13H16N2OS. The first kappa shape index (κ1) is 12.1. The van der Waals surface area contributed by atoms with Crippen LogP contribution in [0.4, 0.5) is 0 Å². The summed E-state index contributed by atoms with van der Waals surface area (Å²) in [4.78, 5) is 4.64. The third kappa shape index (κ3) is 2.48. The highest BCUT2D eigenvalue weighted by Gasteiger charge is 2.12. The molecule has 17 heavy (non-hydrogen) atoms. The van der Waals surface area contributed by atoms with Crippen LogP contribution in [0.1, 0.15) is 18.0 Å². The topological polar surface area (TPSA) is 34.2 Å². The first-order valence-electron chi connectivity index (χ1n) is 5.52. The van der Waals surface area contributed by atoms with E-state index in [9.17, 15) is 0 Å². The van der Waals surface area contributed by atoms with Gasteiger partial charge in [0.05, 0.1) is 18.8 Å². The van der Waals surface area contributed by atoms with Crippen molar-refractivity contribution in [2.45, 2.75) is 13.0 Å². The van der Waals surface area contributed by atoms with Gasteiger partial charge >= 0.3 is 0 Å². The predicted octanol–water partition coefficient (Wildman–Crippen LogP) is 3.10. The summed E-state index contributed by atoms with van der Waals surface area (Å²) in [6.45, 7) is 2.10. The Kier molecular flexibility index (Phi) is 3.76. The highest BCUT2D eigenvalue weighted by molar-refractivity contribution is 7.10. The Morgan fingerprint density at radius 1 is 1.35 bits per heavy atom. The van der Waals surface area contributed by atoms with Crippen molar-refractivity contribution in [2.24, 2.45) is 0 Å². The maximum Gasteiger partial charge on any atom is 0.128 e. The Bertz CT molecular complexity index is 496. The summed E-state index contributed by atoms with van der Waals surface area (Å²) < 4.78 is 5.34. The van der Waals surface area contributed by atoms with Gasteiger partial charge in [-0.25, -0.2) is 4.98 Å². The Hall–Kier alpha value is -1.39. The van der Waals surface area contributed by atoms with Gasteiger partial charge in [0.1, 0.15) is 10.8 Å². The van der Waals surface area contributed by atoms with Gasteiger partial charge in [0.25, 0.3) is 0 Å². The van der Waals surface area contributed by atoms with Crippen LogP contribution in [0.5, 0.6) is 5.75 Å². The Labute approximate surface area is 105 Å². The lowest BCUT2D eigenvalue weighted by Crippen LogP contribution is -2.11. The lowest BCUT2D eigenvalue weighted by atomic mass is 10.1. The maximum absolute atomic E-state index is 5.34. The minimum atomic E-state index is 0.281. The number of methoxy groups -OCH3 is 1. The minimum absolute atomic E-state index is 0.281. The molecule has 1 aromatic carbocycles. The van der Waals surface area contributed by atoms with Crippen molar-refractivity contribution < 1.29 is 4.74 Å². The summed E-state index contributed by atoms with van der Waals surface area (Å²) in [6.07, 6.45) is 0. The van der Waals surface area contributed by atoms with Crippen molar-refractivity contribution in [3.63, 3.8) is 0 Å². The summed E-state index contributed by atoms with van der Waals surface area (Å²) in [5.74, 6) is 0.862. The third-order valence-electron chi connectivity index (χ3n) is 2.71. The quantitative estimate of drug-likeness (QED) is 0.902. The van der Waals surface area contributed by atoms with E-state index in [1.807, 2.05) is 31.3 Å². The molecule has 90 valence electrons. The molecule has 2 aromatic rings. The smallest absolute Gasteiger partial charge is 0.128 e. The Morgan fingerprint density at radius 3 is 2.82 bits per heavy atom. The predicted molar refractivity (Wildman–Crippen MR) is 71.6 cm³/mol. The lowest BCUT2D eigenvalue weighted by molar-refractivity contribution is 0.416. The molecule has 2 rings (SSSR count). The number of rotatable bonds is 4. The first-order chi connectivity index (χ1) is 8.26. The van der Waals surface area contributed by atoms with E-state index in [2.05, 4.69) is 22.6 Å². The SMILES string of the molecule is CNC(C)c1nc(-c2ccccc2OC)cs1. The molecule has 0 saturated carbocycles. The molecule has 0 saturated heterocycles. The lowest BCUT2D eigenvalue weighted by Gasteiger charge is -2.06. The highest BCUT2D eigenvalue weighted by Crippen LogP contribution is 2.31. The van der Waals surface area contributed by atoms with Crippen molar-refractivity contribution in [3.05, 3.63) is 34.7 Å². The van der Waals surface area contributed by atoms with Gasteiger partial charge in [0.2, 0.25) is 0 Å². The van der Waals surface area contributed by atoms with E-state index < -0.39 is 0 Å². The summed E-state index contributed by atoms with van der Waals surface area (Å²) in [7, 11) is 3.62. The molecule has 0 radical (unpaired) electrons. The van der Waals surface area contributed by atoms with Crippen molar-refractivity contribution in [2.75, 3.05) is 14.2 Å². The molecule has 3 nitrogen and oxygen atoms in total. The summed E-state index contributed by atoms with van der Waals surface area (Å²) in [5, 5.41) is 6.35. The summed E-state index contributed by atoms with van der Waals surface area (Å²) >= 11 is 1.67. The van der Waals surface area contributed by atoms with Crippen molar-refractivity contribution >= 4 is 11.3 Å². The third-order valence-corrected chi connectivity index (χ3v) is 3.74. The average molecular weight is 248 g/mol. The van der Waals surface area contributed by atoms with Gasteiger partial charge in [-0.15, -0.1) is 11.3 Å². The van der Waals surface area contributed by atoms with E-state index in [4.69, 9.17) is 4.74 Å². The molecule has 0 spiro atoms. The largest absolute Gasteiger partial charge is 0.496 e. The van der Waals surface area contributed by atoms with Crippen LogP contribution in [0.2, 0.25) is 0 Å². The van der Waals surface area contributed by atoms with Crippen LogP contribution in [0.15, 0.2) is 29.6 Å². The van der Waals surface area contributed by atoms with Gasteiger partial charge < -0.3 is 10.1 Å². The molecular weight excluding hydrogens is 232 g/mol. The molecule has 0 aliphatic rings. The molecule has 0 bridgehead atoms. The van der Waals surface area contributed by atoms with Crippen LogP contribution in [0.3, 0.4) is 0 Å². The van der Waals surface area contributed by atoms with E-state index in [-0.39, 0.29) is 6.04 Å². The van der Waals surface area contributed by atoms with Crippen LogP contribution in [-0.2, 0) is 0 Å². The normalized spacial score (nSPS) is 12.4. The second-order valence-electron chi connectivity index (χ2n) is 3.78. The average Bonchev–Trinajstić information content (AvgIpc) is 2.87. The van der Waals surface area contributed by atoms with E-state index in [1.165, 1.54) is 0 Å². The summed E-state index contributed by atoms with van der Waals surface area (Å²) in [6, 6.07) is 8.23. The molecule has 1 N–H and O–H groups in total.